The van der Waals surface area contributed by atoms with Crippen LogP contribution in [0.5, 0.6) is 0 Å². The smallest absolute Gasteiger partial charge is 0.245 e. The van der Waals surface area contributed by atoms with Crippen LogP contribution in [-0.4, -0.2) is 52.3 Å². The first kappa shape index (κ1) is 13.8. The van der Waals surface area contributed by atoms with E-state index in [1.165, 1.54) is 0 Å². The molecule has 3 rings (SSSR count). The van der Waals surface area contributed by atoms with Crippen LogP contribution >= 0.6 is 22.9 Å². The zero-order valence-corrected chi connectivity index (χ0v) is 12.6. The monoisotopic (exact) mass is 313 g/mol. The standard InChI is InChI=1S/C13H16ClN3O2S/c14-6-9-8-20-11(15-9)3-5-16-7-12(18)17-4-1-2-10(17)13(16)19/h8,10H,1-7H2. The van der Waals surface area contributed by atoms with Crippen molar-refractivity contribution in [3.8, 4) is 0 Å². The number of amides is 2. The molecule has 3 heterocycles. The largest absolute Gasteiger partial charge is 0.331 e. The van der Waals surface area contributed by atoms with Gasteiger partial charge >= 0.3 is 0 Å². The second-order valence-corrected chi connectivity index (χ2v) is 6.33. The molecule has 1 atom stereocenters. The molecular formula is C13H16ClN3O2S. The molecule has 0 aromatic carbocycles. The molecule has 7 heteroatoms. The zero-order valence-electron chi connectivity index (χ0n) is 11.0. The molecule has 2 saturated heterocycles. The molecule has 2 aliphatic rings. The molecule has 2 amide bonds. The molecule has 0 radical (unpaired) electrons. The third-order valence-electron chi connectivity index (χ3n) is 3.83. The van der Waals surface area contributed by atoms with Gasteiger partial charge in [0, 0.05) is 24.9 Å². The zero-order chi connectivity index (χ0) is 14.1. The van der Waals surface area contributed by atoms with Crippen molar-refractivity contribution in [3.05, 3.63) is 16.1 Å². The maximum absolute atomic E-state index is 12.3. The maximum Gasteiger partial charge on any atom is 0.245 e. The summed E-state index contributed by atoms with van der Waals surface area (Å²) in [5, 5.41) is 2.90. The van der Waals surface area contributed by atoms with Crippen molar-refractivity contribution in [1.29, 1.82) is 0 Å². The first-order valence-corrected chi connectivity index (χ1v) is 8.18. The van der Waals surface area contributed by atoms with Crippen molar-refractivity contribution in [1.82, 2.24) is 14.8 Å². The van der Waals surface area contributed by atoms with Crippen LogP contribution in [0.25, 0.3) is 0 Å². The molecule has 5 nitrogen and oxygen atoms in total. The van der Waals surface area contributed by atoms with E-state index in [4.69, 9.17) is 11.6 Å². The van der Waals surface area contributed by atoms with Gasteiger partial charge in [-0.15, -0.1) is 22.9 Å². The van der Waals surface area contributed by atoms with Gasteiger partial charge in [-0.1, -0.05) is 0 Å². The van der Waals surface area contributed by atoms with Crippen LogP contribution in [0.1, 0.15) is 23.5 Å². The fraction of sp³-hybridized carbons (Fsp3) is 0.615. The van der Waals surface area contributed by atoms with Gasteiger partial charge in [-0.2, -0.15) is 0 Å². The summed E-state index contributed by atoms with van der Waals surface area (Å²) in [6.45, 7) is 1.50. The van der Waals surface area contributed by atoms with Crippen LogP contribution < -0.4 is 0 Å². The first-order valence-electron chi connectivity index (χ1n) is 6.76. The number of hydrogen-bond donors (Lipinski definition) is 0. The average Bonchev–Trinajstić information content (AvgIpc) is 3.09. The van der Waals surface area contributed by atoms with Crippen LogP contribution in [0.2, 0.25) is 0 Å². The van der Waals surface area contributed by atoms with Crippen LogP contribution in [0.3, 0.4) is 0 Å². The van der Waals surface area contributed by atoms with Gasteiger partial charge in [0.25, 0.3) is 0 Å². The highest BCUT2D eigenvalue weighted by molar-refractivity contribution is 7.09. The molecule has 1 aromatic heterocycles. The van der Waals surface area contributed by atoms with E-state index in [1.807, 2.05) is 5.38 Å². The summed E-state index contributed by atoms with van der Waals surface area (Å²) in [6.07, 6.45) is 2.42. The number of carbonyl (C=O) groups is 2. The van der Waals surface area contributed by atoms with Crippen molar-refractivity contribution < 1.29 is 9.59 Å². The van der Waals surface area contributed by atoms with Gasteiger partial charge < -0.3 is 9.80 Å². The molecule has 1 unspecified atom stereocenters. The van der Waals surface area contributed by atoms with E-state index in [-0.39, 0.29) is 24.4 Å². The Kier molecular flexibility index (Phi) is 3.94. The number of fused-ring (bicyclic) bond motifs is 1. The molecule has 0 aliphatic carbocycles. The Balaban J connectivity index is 1.62. The summed E-state index contributed by atoms with van der Waals surface area (Å²) in [5.74, 6) is 0.582. The van der Waals surface area contributed by atoms with Gasteiger partial charge in [-0.25, -0.2) is 4.98 Å². The summed E-state index contributed by atoms with van der Waals surface area (Å²) in [4.78, 5) is 32.1. The van der Waals surface area contributed by atoms with Crippen molar-refractivity contribution in [2.45, 2.75) is 31.2 Å². The Morgan fingerprint density at radius 3 is 3.05 bits per heavy atom. The molecule has 0 N–H and O–H groups in total. The van der Waals surface area contributed by atoms with E-state index in [0.717, 1.165) is 30.1 Å². The number of hydrogen-bond acceptors (Lipinski definition) is 4. The van der Waals surface area contributed by atoms with E-state index >= 15 is 0 Å². The van der Waals surface area contributed by atoms with Crippen LogP contribution in [0, 0.1) is 0 Å². The highest BCUT2D eigenvalue weighted by Crippen LogP contribution is 2.24. The highest BCUT2D eigenvalue weighted by atomic mass is 35.5. The fourth-order valence-corrected chi connectivity index (χ4v) is 3.83. The minimum absolute atomic E-state index is 0.0766. The molecule has 2 aliphatic heterocycles. The third kappa shape index (κ3) is 2.54. The summed E-state index contributed by atoms with van der Waals surface area (Å²) in [5.41, 5.74) is 0.870. The van der Waals surface area contributed by atoms with E-state index in [9.17, 15) is 9.59 Å². The van der Waals surface area contributed by atoms with E-state index < -0.39 is 0 Å². The Hall–Kier alpha value is -1.14. The third-order valence-corrected chi connectivity index (χ3v) is 5.06. The molecule has 20 heavy (non-hydrogen) atoms. The van der Waals surface area contributed by atoms with Gasteiger partial charge in [-0.3, -0.25) is 9.59 Å². The van der Waals surface area contributed by atoms with Crippen LogP contribution in [0.15, 0.2) is 5.38 Å². The van der Waals surface area contributed by atoms with Gasteiger partial charge in [-0.05, 0) is 12.8 Å². The van der Waals surface area contributed by atoms with Gasteiger partial charge in [0.1, 0.15) is 6.04 Å². The SMILES string of the molecule is O=C1C2CCCN2C(=O)CN1CCc1nc(CCl)cs1. The molecule has 0 spiro atoms. The summed E-state index contributed by atoms with van der Waals surface area (Å²) < 4.78 is 0. The number of rotatable bonds is 4. The number of halogens is 1. The topological polar surface area (TPSA) is 53.5 Å². The maximum atomic E-state index is 12.3. The number of carbonyl (C=O) groups excluding carboxylic acids is 2. The predicted molar refractivity (Wildman–Crippen MR) is 76.7 cm³/mol. The Bertz CT molecular complexity index is 533. The molecule has 0 saturated carbocycles. The first-order chi connectivity index (χ1) is 9.69. The minimum atomic E-state index is -0.217. The van der Waals surface area contributed by atoms with Crippen molar-refractivity contribution in [2.24, 2.45) is 0 Å². The van der Waals surface area contributed by atoms with E-state index in [2.05, 4.69) is 4.98 Å². The Morgan fingerprint density at radius 2 is 2.30 bits per heavy atom. The highest BCUT2D eigenvalue weighted by Gasteiger charge is 2.41. The number of aromatic nitrogens is 1. The van der Waals surface area contributed by atoms with Crippen LogP contribution in [-0.2, 0) is 21.9 Å². The Labute approximate surface area is 126 Å². The summed E-state index contributed by atoms with van der Waals surface area (Å²) in [7, 11) is 0. The van der Waals surface area contributed by atoms with Crippen molar-refractivity contribution >= 4 is 34.8 Å². The lowest BCUT2D eigenvalue weighted by Gasteiger charge is -2.36. The summed E-state index contributed by atoms with van der Waals surface area (Å²) in [6, 6.07) is -0.217. The number of nitrogens with zero attached hydrogens (tertiary/aromatic N) is 3. The lowest BCUT2D eigenvalue weighted by atomic mass is 10.1. The lowest BCUT2D eigenvalue weighted by Crippen LogP contribution is -2.57. The summed E-state index contributed by atoms with van der Waals surface area (Å²) >= 11 is 7.28. The number of thiazole rings is 1. The van der Waals surface area contributed by atoms with Gasteiger partial charge in [0.2, 0.25) is 11.8 Å². The van der Waals surface area contributed by atoms with Gasteiger partial charge in [0.05, 0.1) is 23.1 Å². The molecule has 2 fully saturated rings. The normalized spacial score (nSPS) is 22.6. The second kappa shape index (κ2) is 5.69. The number of alkyl halides is 1. The van der Waals surface area contributed by atoms with Crippen molar-refractivity contribution in [2.75, 3.05) is 19.6 Å². The van der Waals surface area contributed by atoms with Crippen molar-refractivity contribution in [3.63, 3.8) is 0 Å². The molecular weight excluding hydrogens is 298 g/mol. The molecule has 0 bridgehead atoms. The molecule has 108 valence electrons. The quantitative estimate of drug-likeness (QED) is 0.786. The Morgan fingerprint density at radius 1 is 1.45 bits per heavy atom. The second-order valence-electron chi connectivity index (χ2n) is 5.12. The lowest BCUT2D eigenvalue weighted by molar-refractivity contribution is -0.153. The number of piperazine rings is 1. The van der Waals surface area contributed by atoms with E-state index in [0.29, 0.717) is 18.8 Å². The fourth-order valence-electron chi connectivity index (χ4n) is 2.81. The predicted octanol–water partition coefficient (Wildman–Crippen LogP) is 1.26. The minimum Gasteiger partial charge on any atom is -0.331 e. The average molecular weight is 314 g/mol. The molecule has 1 aromatic rings. The van der Waals surface area contributed by atoms with Crippen LogP contribution in [0.4, 0.5) is 0 Å². The van der Waals surface area contributed by atoms with E-state index in [1.54, 1.807) is 21.1 Å². The van der Waals surface area contributed by atoms with Gasteiger partial charge in [0.15, 0.2) is 0 Å².